The normalized spacial score (nSPS) is 16.1. The molecule has 0 unspecified atom stereocenters. The van der Waals surface area contributed by atoms with Crippen molar-refractivity contribution in [3.63, 3.8) is 0 Å². The van der Waals surface area contributed by atoms with Crippen molar-refractivity contribution in [3.05, 3.63) is 17.0 Å². The maximum atomic E-state index is 11.4. The highest BCUT2D eigenvalue weighted by atomic mass is 16.5. The second-order valence-electron chi connectivity index (χ2n) is 5.47. The molecule has 0 aliphatic carbocycles. The quantitative estimate of drug-likeness (QED) is 0.664. The molecule has 22 heavy (non-hydrogen) atoms. The average molecular weight is 307 g/mol. The van der Waals surface area contributed by atoms with Crippen LogP contribution >= 0.6 is 0 Å². The number of amides is 1. The molecule has 2 rings (SSSR count). The number of guanidine groups is 1. The van der Waals surface area contributed by atoms with Gasteiger partial charge in [-0.1, -0.05) is 5.16 Å². The first kappa shape index (κ1) is 16.3. The second-order valence-corrected chi connectivity index (χ2v) is 5.47. The number of piperazine rings is 1. The summed E-state index contributed by atoms with van der Waals surface area (Å²) in [6.45, 7) is 12.0. The van der Waals surface area contributed by atoms with Crippen molar-refractivity contribution in [2.45, 2.75) is 34.2 Å². The number of hydrogen-bond donors (Lipinski definition) is 1. The highest BCUT2D eigenvalue weighted by Gasteiger charge is 2.21. The predicted octanol–water partition coefficient (Wildman–Crippen LogP) is 0.921. The summed E-state index contributed by atoms with van der Waals surface area (Å²) in [5.41, 5.74) is 1.93. The van der Waals surface area contributed by atoms with E-state index in [2.05, 4.69) is 22.3 Å². The zero-order valence-corrected chi connectivity index (χ0v) is 13.8. The molecule has 1 aliphatic rings. The van der Waals surface area contributed by atoms with Crippen molar-refractivity contribution in [2.75, 3.05) is 32.7 Å². The molecule has 2 heterocycles. The van der Waals surface area contributed by atoms with Crippen molar-refractivity contribution < 1.29 is 9.32 Å². The zero-order valence-electron chi connectivity index (χ0n) is 13.8. The van der Waals surface area contributed by atoms with E-state index in [4.69, 9.17) is 9.52 Å². The topological polar surface area (TPSA) is 74.0 Å². The third kappa shape index (κ3) is 3.78. The number of hydrogen-bond acceptors (Lipinski definition) is 4. The Morgan fingerprint density at radius 2 is 1.91 bits per heavy atom. The van der Waals surface area contributed by atoms with Crippen LogP contribution < -0.4 is 5.32 Å². The lowest BCUT2D eigenvalue weighted by Crippen LogP contribution is -2.53. The number of carbonyl (C=O) groups is 1. The van der Waals surface area contributed by atoms with Gasteiger partial charge in [0.1, 0.15) is 5.76 Å². The van der Waals surface area contributed by atoms with E-state index in [-0.39, 0.29) is 5.91 Å². The van der Waals surface area contributed by atoms with E-state index in [1.807, 2.05) is 18.7 Å². The molecule has 0 radical (unpaired) electrons. The SMILES string of the molecule is CCNC(=NCc1c(C)noc1C)N1CCN(C(C)=O)CC1. The van der Waals surface area contributed by atoms with Gasteiger partial charge in [-0.2, -0.15) is 0 Å². The number of aromatic nitrogens is 1. The molecule has 1 N–H and O–H groups in total. The summed E-state index contributed by atoms with van der Waals surface area (Å²) in [7, 11) is 0. The lowest BCUT2D eigenvalue weighted by atomic mass is 10.2. The van der Waals surface area contributed by atoms with Crippen LogP contribution in [-0.2, 0) is 11.3 Å². The number of rotatable bonds is 3. The monoisotopic (exact) mass is 307 g/mol. The first-order valence-electron chi connectivity index (χ1n) is 7.73. The summed E-state index contributed by atoms with van der Waals surface area (Å²) < 4.78 is 5.18. The standard InChI is InChI=1S/C15H25N5O2/c1-5-16-15(17-10-14-11(2)18-22-12(14)3)20-8-6-19(7-9-20)13(4)21/h5-10H2,1-4H3,(H,16,17). The van der Waals surface area contributed by atoms with Gasteiger partial charge in [-0.25, -0.2) is 4.99 Å². The van der Waals surface area contributed by atoms with Crippen molar-refractivity contribution >= 4 is 11.9 Å². The summed E-state index contributed by atoms with van der Waals surface area (Å²) in [6.07, 6.45) is 0. The van der Waals surface area contributed by atoms with E-state index < -0.39 is 0 Å². The van der Waals surface area contributed by atoms with E-state index in [1.54, 1.807) is 6.92 Å². The molecular formula is C15H25N5O2. The minimum absolute atomic E-state index is 0.136. The molecular weight excluding hydrogens is 282 g/mol. The minimum Gasteiger partial charge on any atom is -0.361 e. The molecule has 1 amide bonds. The second kappa shape index (κ2) is 7.29. The van der Waals surface area contributed by atoms with Crippen molar-refractivity contribution in [1.82, 2.24) is 20.3 Å². The highest BCUT2D eigenvalue weighted by molar-refractivity contribution is 5.80. The lowest BCUT2D eigenvalue weighted by molar-refractivity contribution is -0.130. The fraction of sp³-hybridized carbons (Fsp3) is 0.667. The van der Waals surface area contributed by atoms with Gasteiger partial charge in [-0.3, -0.25) is 4.79 Å². The number of nitrogens with zero attached hydrogens (tertiary/aromatic N) is 4. The van der Waals surface area contributed by atoms with E-state index in [9.17, 15) is 4.79 Å². The van der Waals surface area contributed by atoms with Gasteiger partial charge < -0.3 is 19.6 Å². The molecule has 1 aromatic heterocycles. The van der Waals surface area contributed by atoms with Crippen LogP contribution in [0.4, 0.5) is 0 Å². The fourth-order valence-corrected chi connectivity index (χ4v) is 2.54. The van der Waals surface area contributed by atoms with Crippen LogP contribution in [-0.4, -0.2) is 59.5 Å². The van der Waals surface area contributed by atoms with Crippen LogP contribution in [0.3, 0.4) is 0 Å². The molecule has 0 atom stereocenters. The van der Waals surface area contributed by atoms with Gasteiger partial charge in [-0.15, -0.1) is 0 Å². The van der Waals surface area contributed by atoms with Crippen LogP contribution in [0, 0.1) is 13.8 Å². The molecule has 1 fully saturated rings. The van der Waals surface area contributed by atoms with Crippen LogP contribution in [0.25, 0.3) is 0 Å². The van der Waals surface area contributed by atoms with Crippen molar-refractivity contribution in [3.8, 4) is 0 Å². The summed E-state index contributed by atoms with van der Waals surface area (Å²) in [5.74, 6) is 1.83. The maximum Gasteiger partial charge on any atom is 0.219 e. The van der Waals surface area contributed by atoms with Crippen LogP contribution in [0.15, 0.2) is 9.52 Å². The predicted molar refractivity (Wildman–Crippen MR) is 84.6 cm³/mol. The Bertz CT molecular complexity index is 525. The van der Waals surface area contributed by atoms with Crippen LogP contribution in [0.1, 0.15) is 30.9 Å². The van der Waals surface area contributed by atoms with E-state index >= 15 is 0 Å². The third-order valence-electron chi connectivity index (χ3n) is 3.93. The Labute approximate surface area is 131 Å². The Morgan fingerprint density at radius 3 is 2.41 bits per heavy atom. The Kier molecular flexibility index (Phi) is 5.41. The molecule has 0 spiro atoms. The summed E-state index contributed by atoms with van der Waals surface area (Å²) in [5, 5.41) is 7.28. The van der Waals surface area contributed by atoms with Gasteiger partial charge in [0.05, 0.1) is 12.2 Å². The Hall–Kier alpha value is -2.05. The molecule has 1 saturated heterocycles. The number of aryl methyl sites for hydroxylation is 2. The van der Waals surface area contributed by atoms with Gasteiger partial charge in [-0.05, 0) is 20.8 Å². The Morgan fingerprint density at radius 1 is 1.27 bits per heavy atom. The third-order valence-corrected chi connectivity index (χ3v) is 3.93. The van der Waals surface area contributed by atoms with E-state index in [0.717, 1.165) is 55.7 Å². The van der Waals surface area contributed by atoms with Gasteiger partial charge >= 0.3 is 0 Å². The summed E-state index contributed by atoms with van der Waals surface area (Å²) in [6, 6.07) is 0. The van der Waals surface area contributed by atoms with Gasteiger partial charge in [0, 0.05) is 45.2 Å². The molecule has 7 heteroatoms. The van der Waals surface area contributed by atoms with Gasteiger partial charge in [0.15, 0.2) is 5.96 Å². The van der Waals surface area contributed by atoms with Crippen molar-refractivity contribution in [2.24, 2.45) is 4.99 Å². The van der Waals surface area contributed by atoms with E-state index in [1.165, 1.54) is 0 Å². The molecule has 0 saturated carbocycles. The lowest BCUT2D eigenvalue weighted by Gasteiger charge is -2.36. The molecule has 7 nitrogen and oxygen atoms in total. The molecule has 0 aromatic carbocycles. The number of nitrogens with one attached hydrogen (secondary N) is 1. The van der Waals surface area contributed by atoms with Crippen molar-refractivity contribution in [1.29, 1.82) is 0 Å². The van der Waals surface area contributed by atoms with Crippen LogP contribution in [0.2, 0.25) is 0 Å². The number of carbonyl (C=O) groups excluding carboxylic acids is 1. The molecule has 122 valence electrons. The Balaban J connectivity index is 2.04. The molecule has 1 aromatic rings. The van der Waals surface area contributed by atoms with Gasteiger partial charge in [0.25, 0.3) is 0 Å². The maximum absolute atomic E-state index is 11.4. The van der Waals surface area contributed by atoms with Crippen LogP contribution in [0.5, 0.6) is 0 Å². The zero-order chi connectivity index (χ0) is 16.1. The largest absolute Gasteiger partial charge is 0.361 e. The minimum atomic E-state index is 0.136. The first-order valence-corrected chi connectivity index (χ1v) is 7.73. The molecule has 0 bridgehead atoms. The molecule has 1 aliphatic heterocycles. The summed E-state index contributed by atoms with van der Waals surface area (Å²) >= 11 is 0. The number of aliphatic imine (C=N–C) groups is 1. The smallest absolute Gasteiger partial charge is 0.219 e. The average Bonchev–Trinajstić information content (AvgIpc) is 2.83. The van der Waals surface area contributed by atoms with E-state index in [0.29, 0.717) is 6.54 Å². The van der Waals surface area contributed by atoms with Gasteiger partial charge in [0.2, 0.25) is 5.91 Å². The first-order chi connectivity index (χ1) is 10.5. The summed E-state index contributed by atoms with van der Waals surface area (Å²) in [4.78, 5) is 20.2. The highest BCUT2D eigenvalue weighted by Crippen LogP contribution is 2.13. The fourth-order valence-electron chi connectivity index (χ4n) is 2.54.